The smallest absolute Gasteiger partial charge is 0.316 e. The lowest BCUT2D eigenvalue weighted by Gasteiger charge is -2.19. The Morgan fingerprint density at radius 3 is 2.75 bits per heavy atom. The Kier molecular flexibility index (Phi) is 3.40. The van der Waals surface area contributed by atoms with Crippen LogP contribution < -0.4 is 9.47 Å². The number of ether oxygens (including phenoxy) is 2. The van der Waals surface area contributed by atoms with Gasteiger partial charge in [-0.15, -0.1) is 0 Å². The molecule has 2 heterocycles. The van der Waals surface area contributed by atoms with Crippen molar-refractivity contribution in [3.8, 4) is 11.5 Å². The molecule has 1 unspecified atom stereocenters. The number of nitrogens with zero attached hydrogens (tertiary/aromatic N) is 1. The molecule has 0 spiro atoms. The molecule has 5 nitrogen and oxygen atoms in total. The van der Waals surface area contributed by atoms with Crippen molar-refractivity contribution in [2.24, 2.45) is 0 Å². The van der Waals surface area contributed by atoms with Crippen molar-refractivity contribution in [2.45, 2.75) is 17.2 Å². The average Bonchev–Trinajstić information content (AvgIpc) is 2.45. The number of rotatable bonds is 3. The van der Waals surface area contributed by atoms with Crippen LogP contribution in [0, 0.1) is 0 Å². The molecule has 20 heavy (non-hydrogen) atoms. The van der Waals surface area contributed by atoms with Crippen LogP contribution in [0.15, 0.2) is 29.4 Å². The number of hydrogen-bond acceptors (Lipinski definition) is 5. The number of hydrogen-bond donors (Lipinski definition) is 1. The molecule has 1 aliphatic heterocycles. The highest BCUT2D eigenvalue weighted by atomic mass is 32.2. The second kappa shape index (κ2) is 5.20. The minimum Gasteiger partial charge on any atom is -0.486 e. The van der Waals surface area contributed by atoms with Crippen LogP contribution in [0.25, 0.3) is 10.8 Å². The first-order valence-electron chi connectivity index (χ1n) is 6.23. The lowest BCUT2D eigenvalue weighted by Crippen LogP contribution is -2.15. The monoisotopic (exact) mass is 291 g/mol. The van der Waals surface area contributed by atoms with E-state index in [1.807, 2.05) is 18.2 Å². The van der Waals surface area contributed by atoms with E-state index in [1.165, 1.54) is 11.8 Å². The molecule has 0 radical (unpaired) electrons. The van der Waals surface area contributed by atoms with Crippen molar-refractivity contribution < 1.29 is 19.4 Å². The van der Waals surface area contributed by atoms with E-state index in [2.05, 4.69) is 4.98 Å². The van der Waals surface area contributed by atoms with Gasteiger partial charge in [-0.3, -0.25) is 4.79 Å². The highest BCUT2D eigenvalue weighted by molar-refractivity contribution is 8.00. The minimum atomic E-state index is -0.855. The summed E-state index contributed by atoms with van der Waals surface area (Å²) in [6, 6.07) is 5.65. The maximum Gasteiger partial charge on any atom is 0.316 e. The Labute approximate surface area is 119 Å². The number of aromatic nitrogens is 1. The summed E-state index contributed by atoms with van der Waals surface area (Å²) in [7, 11) is 0. The van der Waals surface area contributed by atoms with Gasteiger partial charge in [-0.05, 0) is 30.5 Å². The summed E-state index contributed by atoms with van der Waals surface area (Å²) >= 11 is 1.22. The predicted octanol–water partition coefficient (Wildman–Crippen LogP) is 2.57. The van der Waals surface area contributed by atoms with Gasteiger partial charge >= 0.3 is 5.97 Å². The molecule has 1 N–H and O–H groups in total. The van der Waals surface area contributed by atoms with Crippen LogP contribution >= 0.6 is 11.8 Å². The van der Waals surface area contributed by atoms with Gasteiger partial charge in [-0.2, -0.15) is 0 Å². The van der Waals surface area contributed by atoms with Gasteiger partial charge in [-0.1, -0.05) is 11.8 Å². The van der Waals surface area contributed by atoms with Crippen molar-refractivity contribution in [3.05, 3.63) is 24.4 Å². The number of aliphatic carboxylic acids is 1. The van der Waals surface area contributed by atoms with Crippen LogP contribution in [0.3, 0.4) is 0 Å². The molecule has 0 bridgehead atoms. The molecule has 6 heteroatoms. The number of thioether (sulfide) groups is 1. The molecule has 2 aromatic rings. The number of pyridine rings is 1. The third-order valence-electron chi connectivity index (χ3n) is 3.03. The molecule has 1 aromatic heterocycles. The van der Waals surface area contributed by atoms with E-state index in [4.69, 9.17) is 14.6 Å². The fraction of sp³-hybridized carbons (Fsp3) is 0.286. The number of carboxylic acid groups (broad SMARTS) is 1. The zero-order valence-corrected chi connectivity index (χ0v) is 11.6. The van der Waals surface area contributed by atoms with E-state index in [-0.39, 0.29) is 0 Å². The van der Waals surface area contributed by atoms with E-state index >= 15 is 0 Å². The van der Waals surface area contributed by atoms with Gasteiger partial charge in [0.05, 0.1) is 0 Å². The van der Waals surface area contributed by atoms with Gasteiger partial charge in [0.15, 0.2) is 11.5 Å². The third kappa shape index (κ3) is 2.38. The molecule has 3 rings (SSSR count). The fourth-order valence-electron chi connectivity index (χ4n) is 1.99. The lowest BCUT2D eigenvalue weighted by atomic mass is 10.1. The molecule has 0 fully saturated rings. The zero-order chi connectivity index (χ0) is 14.1. The summed E-state index contributed by atoms with van der Waals surface area (Å²) in [5, 5.41) is 11.0. The molecule has 1 aromatic carbocycles. The number of fused-ring (bicyclic) bond motifs is 2. The van der Waals surface area contributed by atoms with E-state index in [1.54, 1.807) is 13.1 Å². The third-order valence-corrected chi connectivity index (χ3v) is 4.13. The SMILES string of the molecule is CC(Sc1nccc2cc3c(cc12)OCCO3)C(=O)O. The number of benzene rings is 1. The van der Waals surface area contributed by atoms with Crippen molar-refractivity contribution in [1.29, 1.82) is 0 Å². The minimum absolute atomic E-state index is 0.521. The highest BCUT2D eigenvalue weighted by Gasteiger charge is 2.18. The molecular weight excluding hydrogens is 278 g/mol. The van der Waals surface area contributed by atoms with Gasteiger partial charge in [0.2, 0.25) is 0 Å². The summed E-state index contributed by atoms with van der Waals surface area (Å²) in [4.78, 5) is 15.3. The van der Waals surface area contributed by atoms with Crippen LogP contribution in [-0.4, -0.2) is 34.5 Å². The summed E-state index contributed by atoms with van der Waals surface area (Å²) in [6.45, 7) is 2.71. The predicted molar refractivity (Wildman–Crippen MR) is 75.7 cm³/mol. The molecule has 0 saturated carbocycles. The summed E-state index contributed by atoms with van der Waals surface area (Å²) < 4.78 is 11.1. The normalized spacial score (nSPS) is 15.1. The highest BCUT2D eigenvalue weighted by Crippen LogP contribution is 2.38. The summed E-state index contributed by atoms with van der Waals surface area (Å²) in [5.41, 5.74) is 0. The Hall–Kier alpha value is -1.95. The van der Waals surface area contributed by atoms with Gasteiger partial charge in [0.1, 0.15) is 23.5 Å². The molecule has 1 atom stereocenters. The Morgan fingerprint density at radius 2 is 2.05 bits per heavy atom. The van der Waals surface area contributed by atoms with Gasteiger partial charge in [0, 0.05) is 11.6 Å². The average molecular weight is 291 g/mol. The number of carbonyl (C=O) groups is 1. The first-order valence-corrected chi connectivity index (χ1v) is 7.11. The van der Waals surface area contributed by atoms with Crippen LogP contribution in [0.1, 0.15) is 6.92 Å². The second-order valence-corrected chi connectivity index (χ2v) is 5.76. The summed E-state index contributed by atoms with van der Waals surface area (Å²) in [5.74, 6) is 0.546. The van der Waals surface area contributed by atoms with E-state index in [0.717, 1.165) is 16.5 Å². The quantitative estimate of drug-likeness (QED) is 0.877. The van der Waals surface area contributed by atoms with E-state index < -0.39 is 11.2 Å². The van der Waals surface area contributed by atoms with Crippen LogP contribution in [0.4, 0.5) is 0 Å². The van der Waals surface area contributed by atoms with Gasteiger partial charge in [0.25, 0.3) is 0 Å². The largest absolute Gasteiger partial charge is 0.486 e. The first-order chi connectivity index (χ1) is 9.65. The second-order valence-electron chi connectivity index (χ2n) is 4.43. The van der Waals surface area contributed by atoms with Crippen molar-refractivity contribution in [1.82, 2.24) is 4.98 Å². The van der Waals surface area contributed by atoms with E-state index in [9.17, 15) is 4.79 Å². The number of carboxylic acids is 1. The van der Waals surface area contributed by atoms with Crippen LogP contribution in [0.2, 0.25) is 0 Å². The Morgan fingerprint density at radius 1 is 1.35 bits per heavy atom. The van der Waals surface area contributed by atoms with Crippen molar-refractivity contribution >= 4 is 28.5 Å². The summed E-state index contributed by atoms with van der Waals surface area (Å²) in [6.07, 6.45) is 1.68. The molecule has 0 saturated heterocycles. The zero-order valence-electron chi connectivity index (χ0n) is 10.8. The first kappa shape index (κ1) is 13.1. The topological polar surface area (TPSA) is 68.7 Å². The maximum atomic E-state index is 11.0. The van der Waals surface area contributed by atoms with Crippen molar-refractivity contribution in [3.63, 3.8) is 0 Å². The Balaban J connectivity index is 2.06. The van der Waals surface area contributed by atoms with Crippen LogP contribution in [-0.2, 0) is 4.79 Å². The Bertz CT molecular complexity index is 674. The molecule has 104 valence electrons. The van der Waals surface area contributed by atoms with Gasteiger partial charge in [-0.25, -0.2) is 4.98 Å². The fourth-order valence-corrected chi connectivity index (χ4v) is 2.86. The molecular formula is C14H13NO4S. The van der Waals surface area contributed by atoms with Crippen molar-refractivity contribution in [2.75, 3.05) is 13.2 Å². The molecule has 0 aliphatic carbocycles. The van der Waals surface area contributed by atoms with Crippen LogP contribution in [0.5, 0.6) is 11.5 Å². The lowest BCUT2D eigenvalue weighted by molar-refractivity contribution is -0.136. The maximum absolute atomic E-state index is 11.0. The van der Waals surface area contributed by atoms with Gasteiger partial charge < -0.3 is 14.6 Å². The van der Waals surface area contributed by atoms with E-state index in [0.29, 0.717) is 24.0 Å². The molecule has 0 amide bonds. The standard InChI is InChI=1S/C14H13NO4S/c1-8(14(16)17)20-13-10-7-12-11(18-4-5-19-12)6-9(10)2-3-15-13/h2-3,6-8H,4-5H2,1H3,(H,16,17). The molecule has 1 aliphatic rings.